The summed E-state index contributed by atoms with van der Waals surface area (Å²) in [6.45, 7) is 2.01. The summed E-state index contributed by atoms with van der Waals surface area (Å²) in [5.41, 5.74) is 0. The van der Waals surface area contributed by atoms with Crippen LogP contribution < -0.4 is 0 Å². The molecule has 50 valence electrons. The summed E-state index contributed by atoms with van der Waals surface area (Å²) in [7, 11) is 1.83. The van der Waals surface area contributed by atoms with Crippen molar-refractivity contribution in [3.8, 4) is 0 Å². The molecule has 0 aromatic carbocycles. The van der Waals surface area contributed by atoms with Crippen molar-refractivity contribution in [2.45, 2.75) is 19.4 Å². The van der Waals surface area contributed by atoms with E-state index >= 15 is 0 Å². The predicted octanol–water partition coefficient (Wildman–Crippen LogP) is 0.793. The van der Waals surface area contributed by atoms with Gasteiger partial charge >= 0.3 is 0 Å². The van der Waals surface area contributed by atoms with E-state index in [-0.39, 0.29) is 11.9 Å². The smallest absolute Gasteiger partial charge is 0.226 e. The fourth-order valence-corrected chi connectivity index (χ4v) is 0.866. The second-order valence-electron chi connectivity index (χ2n) is 2.38. The van der Waals surface area contributed by atoms with E-state index in [9.17, 15) is 4.79 Å². The Bertz CT molecular complexity index is 151. The average molecular weight is 125 g/mol. The molecule has 1 rings (SSSR count). The Kier molecular flexibility index (Phi) is 1.56. The van der Waals surface area contributed by atoms with Gasteiger partial charge in [0, 0.05) is 19.5 Å². The highest BCUT2D eigenvalue weighted by Gasteiger charge is 2.14. The van der Waals surface area contributed by atoms with Crippen LogP contribution in [0.4, 0.5) is 0 Å². The van der Waals surface area contributed by atoms with Crippen molar-refractivity contribution in [2.24, 2.45) is 0 Å². The molecule has 0 aromatic rings. The molecule has 0 radical (unpaired) electrons. The van der Waals surface area contributed by atoms with E-state index in [4.69, 9.17) is 0 Å². The third-order valence-corrected chi connectivity index (χ3v) is 1.71. The molecule has 0 aromatic heterocycles. The average Bonchev–Trinajstić information content (AvgIpc) is 1.83. The standard InChI is InChI=1S/C7H11NO/c1-6-4-3-5-7(9)8(6)2/h3-4,6H,5H2,1-2H3. The molecule has 0 saturated heterocycles. The van der Waals surface area contributed by atoms with Gasteiger partial charge in [-0.05, 0) is 6.92 Å². The summed E-state index contributed by atoms with van der Waals surface area (Å²) in [5.74, 6) is 0.213. The van der Waals surface area contributed by atoms with Crippen LogP contribution in [0.25, 0.3) is 0 Å². The molecule has 0 saturated carbocycles. The molecule has 1 aliphatic rings. The summed E-state index contributed by atoms with van der Waals surface area (Å²) < 4.78 is 0. The van der Waals surface area contributed by atoms with E-state index in [1.54, 1.807) is 4.90 Å². The number of rotatable bonds is 0. The Morgan fingerprint density at radius 2 is 2.44 bits per heavy atom. The van der Waals surface area contributed by atoms with E-state index in [1.807, 2.05) is 26.1 Å². The summed E-state index contributed by atoms with van der Waals surface area (Å²) in [6.07, 6.45) is 4.54. The molecule has 0 aliphatic carbocycles. The summed E-state index contributed by atoms with van der Waals surface area (Å²) >= 11 is 0. The first kappa shape index (κ1) is 6.33. The SMILES string of the molecule is CC1C=CCC(=O)N1C. The number of hydrogen-bond donors (Lipinski definition) is 0. The van der Waals surface area contributed by atoms with Crippen molar-refractivity contribution < 1.29 is 4.79 Å². The highest BCUT2D eigenvalue weighted by atomic mass is 16.2. The number of likely N-dealkylation sites (N-methyl/N-ethyl adjacent to an activating group) is 1. The van der Waals surface area contributed by atoms with Crippen LogP contribution in [-0.2, 0) is 4.79 Å². The number of carbonyl (C=O) groups excluding carboxylic acids is 1. The van der Waals surface area contributed by atoms with Gasteiger partial charge in [0.1, 0.15) is 0 Å². The van der Waals surface area contributed by atoms with Crippen LogP contribution in [0.5, 0.6) is 0 Å². The Labute approximate surface area is 55.2 Å². The molecule has 1 amide bonds. The quantitative estimate of drug-likeness (QED) is 0.438. The van der Waals surface area contributed by atoms with Gasteiger partial charge in [-0.25, -0.2) is 0 Å². The number of amides is 1. The van der Waals surface area contributed by atoms with Gasteiger partial charge in [0.05, 0.1) is 0 Å². The van der Waals surface area contributed by atoms with Crippen LogP contribution in [0.2, 0.25) is 0 Å². The monoisotopic (exact) mass is 125 g/mol. The van der Waals surface area contributed by atoms with Gasteiger partial charge in [-0.1, -0.05) is 12.2 Å². The summed E-state index contributed by atoms with van der Waals surface area (Å²) in [6, 6.07) is 0.284. The molecule has 0 fully saturated rings. The fraction of sp³-hybridized carbons (Fsp3) is 0.571. The first-order valence-electron chi connectivity index (χ1n) is 3.14. The molecule has 1 unspecified atom stereocenters. The maximum atomic E-state index is 10.9. The zero-order chi connectivity index (χ0) is 6.85. The molecule has 1 aliphatic heterocycles. The van der Waals surface area contributed by atoms with E-state index in [0.29, 0.717) is 6.42 Å². The minimum atomic E-state index is 0.213. The Morgan fingerprint density at radius 1 is 1.78 bits per heavy atom. The zero-order valence-corrected chi connectivity index (χ0v) is 5.79. The molecule has 2 heteroatoms. The molecule has 2 nitrogen and oxygen atoms in total. The van der Waals surface area contributed by atoms with Crippen LogP contribution in [0.15, 0.2) is 12.2 Å². The number of nitrogens with zero attached hydrogens (tertiary/aromatic N) is 1. The maximum Gasteiger partial charge on any atom is 0.226 e. The van der Waals surface area contributed by atoms with Crippen LogP contribution in [-0.4, -0.2) is 23.9 Å². The van der Waals surface area contributed by atoms with E-state index < -0.39 is 0 Å². The molecule has 1 atom stereocenters. The van der Waals surface area contributed by atoms with Gasteiger partial charge in [-0.15, -0.1) is 0 Å². The van der Waals surface area contributed by atoms with Crippen LogP contribution in [0.1, 0.15) is 13.3 Å². The lowest BCUT2D eigenvalue weighted by atomic mass is 10.1. The minimum Gasteiger partial charge on any atom is -0.339 e. The van der Waals surface area contributed by atoms with Crippen molar-refractivity contribution in [1.29, 1.82) is 0 Å². The first-order valence-corrected chi connectivity index (χ1v) is 3.14. The van der Waals surface area contributed by atoms with E-state index in [1.165, 1.54) is 0 Å². The summed E-state index contributed by atoms with van der Waals surface area (Å²) in [5, 5.41) is 0. The van der Waals surface area contributed by atoms with Gasteiger partial charge in [0.2, 0.25) is 5.91 Å². The van der Waals surface area contributed by atoms with Crippen molar-refractivity contribution in [1.82, 2.24) is 4.90 Å². The predicted molar refractivity (Wildman–Crippen MR) is 36.0 cm³/mol. The third-order valence-electron chi connectivity index (χ3n) is 1.71. The van der Waals surface area contributed by atoms with Gasteiger partial charge in [0.15, 0.2) is 0 Å². The molecular formula is C7H11NO. The van der Waals surface area contributed by atoms with Crippen LogP contribution in [0.3, 0.4) is 0 Å². The molecule has 0 bridgehead atoms. The minimum absolute atomic E-state index is 0.213. The molecule has 1 heterocycles. The fourth-order valence-electron chi connectivity index (χ4n) is 0.866. The maximum absolute atomic E-state index is 10.9. The highest BCUT2D eigenvalue weighted by molar-refractivity contribution is 5.79. The molecular weight excluding hydrogens is 114 g/mol. The van der Waals surface area contributed by atoms with Crippen molar-refractivity contribution in [2.75, 3.05) is 7.05 Å². The van der Waals surface area contributed by atoms with Crippen LogP contribution >= 0.6 is 0 Å². The number of hydrogen-bond acceptors (Lipinski definition) is 1. The van der Waals surface area contributed by atoms with Crippen LogP contribution in [0, 0.1) is 0 Å². The lowest BCUT2D eigenvalue weighted by molar-refractivity contribution is -0.130. The Balaban J connectivity index is 2.69. The Morgan fingerprint density at radius 3 is 2.89 bits per heavy atom. The van der Waals surface area contributed by atoms with Crippen molar-refractivity contribution in [3.63, 3.8) is 0 Å². The van der Waals surface area contributed by atoms with E-state index in [2.05, 4.69) is 0 Å². The molecule has 0 spiro atoms. The number of carbonyl (C=O) groups is 1. The first-order chi connectivity index (χ1) is 4.22. The summed E-state index contributed by atoms with van der Waals surface area (Å²) in [4.78, 5) is 12.6. The van der Waals surface area contributed by atoms with Gasteiger partial charge in [-0.2, -0.15) is 0 Å². The third kappa shape index (κ3) is 1.12. The topological polar surface area (TPSA) is 20.3 Å². The zero-order valence-electron chi connectivity index (χ0n) is 5.79. The second kappa shape index (κ2) is 2.21. The van der Waals surface area contributed by atoms with Crippen molar-refractivity contribution in [3.05, 3.63) is 12.2 Å². The molecule has 9 heavy (non-hydrogen) atoms. The highest BCUT2D eigenvalue weighted by Crippen LogP contribution is 2.06. The lowest BCUT2D eigenvalue weighted by Crippen LogP contribution is -2.35. The normalized spacial score (nSPS) is 27.1. The van der Waals surface area contributed by atoms with Gasteiger partial charge in [-0.3, -0.25) is 4.79 Å². The van der Waals surface area contributed by atoms with Gasteiger partial charge < -0.3 is 4.90 Å². The van der Waals surface area contributed by atoms with Crippen molar-refractivity contribution >= 4 is 5.91 Å². The molecule has 0 N–H and O–H groups in total. The second-order valence-corrected chi connectivity index (χ2v) is 2.38. The lowest BCUT2D eigenvalue weighted by Gasteiger charge is -2.24. The Hall–Kier alpha value is -0.790. The van der Waals surface area contributed by atoms with Gasteiger partial charge in [0.25, 0.3) is 0 Å². The van der Waals surface area contributed by atoms with E-state index in [0.717, 1.165) is 0 Å². The largest absolute Gasteiger partial charge is 0.339 e.